The van der Waals surface area contributed by atoms with Gasteiger partial charge < -0.3 is 9.47 Å². The van der Waals surface area contributed by atoms with Crippen LogP contribution in [0.25, 0.3) is 32.3 Å². The highest BCUT2D eigenvalue weighted by atomic mass is 16.5. The minimum atomic E-state index is 0.761. The molecule has 0 bridgehead atoms. The van der Waals surface area contributed by atoms with Crippen molar-refractivity contribution in [1.82, 2.24) is 0 Å². The highest BCUT2D eigenvalue weighted by Crippen LogP contribution is 2.36. The standard InChI is InChI=1S/C50H76O2/c1-3-5-7-9-11-13-15-17-19-21-23-25-27-31-35-51-49-41-47-39-45-37-43-33-29-30-34-44(43)38-46(45)40-48(47)42-50(49)52-36-32-28-26-24-22-20-18-16-14-12-10-8-6-4-2/h29-30,33-34,37-42H,3-28,31-32,35-36H2,1-2H3. The topological polar surface area (TPSA) is 18.5 Å². The molecule has 0 aliphatic heterocycles. The van der Waals surface area contributed by atoms with E-state index in [0.717, 1.165) is 37.6 Å². The molecule has 288 valence electrons. The van der Waals surface area contributed by atoms with Crippen LogP contribution in [-0.4, -0.2) is 13.2 Å². The number of fused-ring (bicyclic) bond motifs is 3. The van der Waals surface area contributed by atoms with Crippen LogP contribution < -0.4 is 9.47 Å². The summed E-state index contributed by atoms with van der Waals surface area (Å²) in [5.41, 5.74) is 0. The van der Waals surface area contributed by atoms with Crippen molar-refractivity contribution in [3.05, 3.63) is 60.7 Å². The van der Waals surface area contributed by atoms with Crippen molar-refractivity contribution in [2.75, 3.05) is 13.2 Å². The zero-order chi connectivity index (χ0) is 36.3. The second-order valence-corrected chi connectivity index (χ2v) is 15.9. The molecule has 4 aromatic carbocycles. The molecule has 0 unspecified atom stereocenters. The summed E-state index contributed by atoms with van der Waals surface area (Å²) in [7, 11) is 0. The SMILES string of the molecule is CCCCCCCCCCCCCCCCOc1cc2cc3cc4ccccc4cc3cc2cc1OCCCCCCCCCCCCCCCC. The second kappa shape index (κ2) is 26.9. The van der Waals surface area contributed by atoms with E-state index in [-0.39, 0.29) is 0 Å². The molecule has 0 saturated carbocycles. The zero-order valence-electron chi connectivity index (χ0n) is 33.8. The van der Waals surface area contributed by atoms with Gasteiger partial charge in [-0.15, -0.1) is 0 Å². The number of hydrogen-bond donors (Lipinski definition) is 0. The zero-order valence-corrected chi connectivity index (χ0v) is 33.8. The quantitative estimate of drug-likeness (QED) is 0.0371. The fourth-order valence-corrected chi connectivity index (χ4v) is 7.89. The molecule has 0 atom stereocenters. The lowest BCUT2D eigenvalue weighted by atomic mass is 9.99. The van der Waals surface area contributed by atoms with E-state index in [2.05, 4.69) is 74.5 Å². The maximum absolute atomic E-state index is 6.48. The van der Waals surface area contributed by atoms with Crippen LogP contribution in [0.3, 0.4) is 0 Å². The molecule has 4 rings (SSSR count). The maximum atomic E-state index is 6.48. The van der Waals surface area contributed by atoms with Gasteiger partial charge in [0.15, 0.2) is 11.5 Å². The predicted octanol–water partition coefficient (Wildman–Crippen LogP) is 16.9. The van der Waals surface area contributed by atoms with Crippen LogP contribution >= 0.6 is 0 Å². The lowest BCUT2D eigenvalue weighted by molar-refractivity contribution is 0.259. The molecule has 0 amide bonds. The van der Waals surface area contributed by atoms with Crippen LogP contribution in [0.15, 0.2) is 60.7 Å². The van der Waals surface area contributed by atoms with E-state index in [1.165, 1.54) is 199 Å². The Bertz CT molecular complexity index is 1380. The molecule has 2 nitrogen and oxygen atoms in total. The highest BCUT2D eigenvalue weighted by molar-refractivity contribution is 6.05. The molecule has 4 aromatic rings. The number of unbranched alkanes of at least 4 members (excludes halogenated alkanes) is 26. The van der Waals surface area contributed by atoms with Crippen molar-refractivity contribution in [3.63, 3.8) is 0 Å². The Balaban J connectivity index is 1.18. The second-order valence-electron chi connectivity index (χ2n) is 15.9. The Morgan fingerprint density at radius 3 is 0.846 bits per heavy atom. The molecular weight excluding hydrogens is 633 g/mol. The van der Waals surface area contributed by atoms with Gasteiger partial charge >= 0.3 is 0 Å². The van der Waals surface area contributed by atoms with E-state index in [4.69, 9.17) is 9.47 Å². The van der Waals surface area contributed by atoms with Gasteiger partial charge in [0, 0.05) is 0 Å². The molecule has 2 heteroatoms. The summed E-state index contributed by atoms with van der Waals surface area (Å²) in [5, 5.41) is 7.58. The molecule has 0 N–H and O–H groups in total. The van der Waals surface area contributed by atoms with Crippen LogP contribution in [0.5, 0.6) is 11.5 Å². The number of ether oxygens (including phenoxy) is 2. The molecule has 0 radical (unpaired) electrons. The summed E-state index contributed by atoms with van der Waals surface area (Å²) < 4.78 is 13.0. The third-order valence-electron chi connectivity index (χ3n) is 11.2. The van der Waals surface area contributed by atoms with Crippen molar-refractivity contribution in [2.24, 2.45) is 0 Å². The van der Waals surface area contributed by atoms with Crippen molar-refractivity contribution >= 4 is 32.3 Å². The molecule has 52 heavy (non-hydrogen) atoms. The van der Waals surface area contributed by atoms with Gasteiger partial charge in [-0.3, -0.25) is 0 Å². The molecule has 0 aliphatic rings. The maximum Gasteiger partial charge on any atom is 0.161 e. The lowest BCUT2D eigenvalue weighted by Gasteiger charge is -2.15. The van der Waals surface area contributed by atoms with Crippen LogP contribution in [0.1, 0.15) is 194 Å². The highest BCUT2D eigenvalue weighted by Gasteiger charge is 2.11. The Hall–Kier alpha value is -2.74. The van der Waals surface area contributed by atoms with Crippen LogP contribution in [-0.2, 0) is 0 Å². The Labute approximate surface area is 319 Å². The Kier molecular flexibility index (Phi) is 21.8. The summed E-state index contributed by atoms with van der Waals surface area (Å²) >= 11 is 0. The number of benzene rings is 4. The Morgan fingerprint density at radius 1 is 0.288 bits per heavy atom. The van der Waals surface area contributed by atoms with E-state index in [0.29, 0.717) is 0 Å². The van der Waals surface area contributed by atoms with Crippen molar-refractivity contribution < 1.29 is 9.47 Å². The predicted molar refractivity (Wildman–Crippen MR) is 231 cm³/mol. The molecule has 0 fully saturated rings. The first-order valence-electron chi connectivity index (χ1n) is 22.4. The monoisotopic (exact) mass is 709 g/mol. The molecular formula is C50H76O2. The van der Waals surface area contributed by atoms with Crippen LogP contribution in [0, 0.1) is 0 Å². The third-order valence-corrected chi connectivity index (χ3v) is 11.2. The average Bonchev–Trinajstić information content (AvgIpc) is 3.16. The van der Waals surface area contributed by atoms with E-state index in [1.807, 2.05) is 0 Å². The van der Waals surface area contributed by atoms with Gasteiger partial charge in [-0.05, 0) is 81.6 Å². The van der Waals surface area contributed by atoms with Crippen LogP contribution in [0.4, 0.5) is 0 Å². The normalized spacial score (nSPS) is 11.7. The van der Waals surface area contributed by atoms with Gasteiger partial charge in [-0.1, -0.05) is 205 Å². The number of rotatable bonds is 32. The van der Waals surface area contributed by atoms with Crippen molar-refractivity contribution in [1.29, 1.82) is 0 Å². The van der Waals surface area contributed by atoms with Gasteiger partial charge in [0.05, 0.1) is 13.2 Å². The average molecular weight is 709 g/mol. The molecule has 0 heterocycles. The first-order chi connectivity index (χ1) is 25.8. The Morgan fingerprint density at radius 2 is 0.538 bits per heavy atom. The molecule has 0 spiro atoms. The first-order valence-corrected chi connectivity index (χ1v) is 22.4. The van der Waals surface area contributed by atoms with E-state index < -0.39 is 0 Å². The lowest BCUT2D eigenvalue weighted by Crippen LogP contribution is -2.03. The summed E-state index contributed by atoms with van der Waals surface area (Å²) in [5.74, 6) is 1.82. The summed E-state index contributed by atoms with van der Waals surface area (Å²) in [6.07, 6.45) is 38.4. The fourth-order valence-electron chi connectivity index (χ4n) is 7.89. The molecule has 0 saturated heterocycles. The summed E-state index contributed by atoms with van der Waals surface area (Å²) in [4.78, 5) is 0. The van der Waals surface area contributed by atoms with Gasteiger partial charge in [0.25, 0.3) is 0 Å². The smallest absolute Gasteiger partial charge is 0.161 e. The molecule has 0 aromatic heterocycles. The van der Waals surface area contributed by atoms with E-state index in [9.17, 15) is 0 Å². The number of hydrogen-bond acceptors (Lipinski definition) is 2. The minimum Gasteiger partial charge on any atom is -0.490 e. The van der Waals surface area contributed by atoms with Crippen molar-refractivity contribution in [3.8, 4) is 11.5 Å². The minimum absolute atomic E-state index is 0.761. The largest absolute Gasteiger partial charge is 0.490 e. The van der Waals surface area contributed by atoms with Crippen LogP contribution in [0.2, 0.25) is 0 Å². The first kappa shape index (κ1) is 42.0. The van der Waals surface area contributed by atoms with E-state index >= 15 is 0 Å². The van der Waals surface area contributed by atoms with Gasteiger partial charge in [-0.2, -0.15) is 0 Å². The van der Waals surface area contributed by atoms with E-state index in [1.54, 1.807) is 0 Å². The fraction of sp³-hybridized carbons (Fsp3) is 0.640. The van der Waals surface area contributed by atoms with Gasteiger partial charge in [-0.25, -0.2) is 0 Å². The summed E-state index contributed by atoms with van der Waals surface area (Å²) in [6.45, 7) is 6.12. The van der Waals surface area contributed by atoms with Gasteiger partial charge in [0.2, 0.25) is 0 Å². The summed E-state index contributed by atoms with van der Waals surface area (Å²) in [6, 6.07) is 22.4. The van der Waals surface area contributed by atoms with Crippen molar-refractivity contribution in [2.45, 2.75) is 194 Å². The third kappa shape index (κ3) is 16.5. The molecule has 0 aliphatic carbocycles. The van der Waals surface area contributed by atoms with Gasteiger partial charge in [0.1, 0.15) is 0 Å².